The van der Waals surface area contributed by atoms with E-state index in [1.165, 1.54) is 47.0 Å². The first-order valence-corrected chi connectivity index (χ1v) is 11.2. The Labute approximate surface area is 199 Å². The maximum absolute atomic E-state index is 13.0. The summed E-state index contributed by atoms with van der Waals surface area (Å²) in [5.41, 5.74) is -0.348. The molecule has 0 aromatic carbocycles. The summed E-state index contributed by atoms with van der Waals surface area (Å²) in [6, 6.07) is 3.02. The highest BCUT2D eigenvalue weighted by Crippen LogP contribution is 2.25. The number of rotatable bonds is 8. The zero-order valence-corrected chi connectivity index (χ0v) is 19.4. The average Bonchev–Trinajstić information content (AvgIpc) is 3.41. The van der Waals surface area contributed by atoms with Crippen molar-refractivity contribution in [3.8, 4) is 0 Å². The highest BCUT2D eigenvalue weighted by Gasteiger charge is 2.48. The van der Waals surface area contributed by atoms with Crippen LogP contribution in [0.2, 0.25) is 0 Å². The number of aliphatic hydroxyl groups is 3. The molecule has 0 unspecified atom stereocenters. The molecule has 35 heavy (non-hydrogen) atoms. The minimum absolute atomic E-state index is 0.127. The summed E-state index contributed by atoms with van der Waals surface area (Å²) in [6.07, 6.45) is 0.684. The minimum Gasteiger partial charge on any atom is -0.460 e. The van der Waals surface area contributed by atoms with Crippen LogP contribution in [0.3, 0.4) is 0 Å². The summed E-state index contributed by atoms with van der Waals surface area (Å²) in [7, 11) is 1.52. The Kier molecular flexibility index (Phi) is 7.12. The number of nitrogens with zero attached hydrogens (tertiary/aromatic N) is 5. The van der Waals surface area contributed by atoms with Gasteiger partial charge in [-0.05, 0) is 12.5 Å². The number of esters is 1. The molecule has 1 saturated heterocycles. The normalized spacial score (nSPS) is 22.1. The molecule has 4 atom stereocenters. The van der Waals surface area contributed by atoms with Crippen molar-refractivity contribution in [3.05, 3.63) is 57.3 Å². The number of hydrogen-bond acceptors (Lipinski definition) is 9. The molecule has 3 aromatic heterocycles. The molecule has 13 heteroatoms. The number of aromatic nitrogens is 5. The second-order valence-corrected chi connectivity index (χ2v) is 8.31. The van der Waals surface area contributed by atoms with Crippen LogP contribution in [-0.4, -0.2) is 71.5 Å². The summed E-state index contributed by atoms with van der Waals surface area (Å²) in [6.45, 7) is 1.69. The van der Waals surface area contributed by atoms with Crippen LogP contribution >= 0.6 is 0 Å². The van der Waals surface area contributed by atoms with Gasteiger partial charge < -0.3 is 29.4 Å². The van der Waals surface area contributed by atoms with Gasteiger partial charge in [-0.25, -0.2) is 14.6 Å². The van der Waals surface area contributed by atoms with Crippen LogP contribution < -0.4 is 15.8 Å². The Bertz CT molecular complexity index is 1350. The van der Waals surface area contributed by atoms with Crippen molar-refractivity contribution in [1.82, 2.24) is 18.7 Å². The first-order valence-electron chi connectivity index (χ1n) is 11.2. The number of ether oxygens (including phenoxy) is 2. The highest BCUT2D eigenvalue weighted by atomic mass is 16.6. The number of hydrogen-bond donors (Lipinski definition) is 3. The molecule has 188 valence electrons. The van der Waals surface area contributed by atoms with Gasteiger partial charge in [0.1, 0.15) is 24.4 Å². The number of pyridine rings is 1. The lowest BCUT2D eigenvalue weighted by atomic mass is 10.1. The second-order valence-electron chi connectivity index (χ2n) is 8.31. The molecule has 1 fully saturated rings. The fraction of sp³-hybridized carbons (Fsp3) is 0.500. The van der Waals surface area contributed by atoms with Gasteiger partial charge in [0.25, 0.3) is 11.8 Å². The predicted molar refractivity (Wildman–Crippen MR) is 119 cm³/mol. The van der Waals surface area contributed by atoms with Crippen LogP contribution in [0.1, 0.15) is 29.9 Å². The first-order chi connectivity index (χ1) is 16.8. The van der Waals surface area contributed by atoms with Gasteiger partial charge in [0.2, 0.25) is 0 Å². The van der Waals surface area contributed by atoms with Crippen molar-refractivity contribution in [2.75, 3.05) is 13.2 Å². The Morgan fingerprint density at radius 2 is 2.03 bits per heavy atom. The zero-order valence-electron chi connectivity index (χ0n) is 19.4. The maximum Gasteiger partial charge on any atom is 0.344 e. The molecule has 1 aliphatic heterocycles. The molecule has 4 heterocycles. The van der Waals surface area contributed by atoms with E-state index in [9.17, 15) is 29.7 Å². The smallest absolute Gasteiger partial charge is 0.344 e. The largest absolute Gasteiger partial charge is 0.460 e. The first kappa shape index (κ1) is 24.7. The molecule has 3 N–H and O–H groups in total. The van der Waals surface area contributed by atoms with E-state index in [0.29, 0.717) is 17.7 Å². The molecule has 0 amide bonds. The van der Waals surface area contributed by atoms with Crippen LogP contribution in [-0.2, 0) is 29.6 Å². The van der Waals surface area contributed by atoms with E-state index < -0.39 is 48.4 Å². The third-order valence-corrected chi connectivity index (χ3v) is 5.98. The lowest BCUT2D eigenvalue weighted by Gasteiger charge is -2.11. The number of aliphatic hydroxyl groups excluding tert-OH is 3. The quantitative estimate of drug-likeness (QED) is 0.241. The van der Waals surface area contributed by atoms with E-state index >= 15 is 0 Å². The Hall–Kier alpha value is -3.39. The fourth-order valence-electron chi connectivity index (χ4n) is 4.14. The molecule has 0 saturated carbocycles. The van der Waals surface area contributed by atoms with Crippen molar-refractivity contribution in [2.45, 2.75) is 51.0 Å². The Morgan fingerprint density at radius 1 is 1.26 bits per heavy atom. The maximum atomic E-state index is 13.0. The van der Waals surface area contributed by atoms with Gasteiger partial charge in [0.15, 0.2) is 29.7 Å². The van der Waals surface area contributed by atoms with Crippen LogP contribution in [0.15, 0.2) is 40.4 Å². The van der Waals surface area contributed by atoms with Gasteiger partial charge >= 0.3 is 11.7 Å². The summed E-state index contributed by atoms with van der Waals surface area (Å²) in [4.78, 5) is 42.4. The van der Waals surface area contributed by atoms with Gasteiger partial charge in [0.05, 0.1) is 19.5 Å². The van der Waals surface area contributed by atoms with Crippen LogP contribution in [0.5, 0.6) is 0 Å². The molecular weight excluding hydrogens is 462 g/mol. The molecule has 4 rings (SSSR count). The average molecular weight is 490 g/mol. The van der Waals surface area contributed by atoms with Crippen LogP contribution in [0.4, 0.5) is 0 Å². The minimum atomic E-state index is -1.30. The van der Waals surface area contributed by atoms with Crippen LogP contribution in [0.25, 0.3) is 11.2 Å². The van der Waals surface area contributed by atoms with E-state index in [2.05, 4.69) is 4.98 Å². The van der Waals surface area contributed by atoms with Crippen molar-refractivity contribution >= 4 is 17.1 Å². The standard InChI is InChI=1S/C22H28N5O8/c1-3-6-26-12-23-18-15(26)19(31)27(22(33)24(18)2)8-9-34-21(32)13-5-4-7-25(10-13)20-17(30)16(29)14(11-28)35-20/h4-5,7,10,12,14,16-17,20,28-30H,3,6,8-9,11H2,1-2H3/q+1/t14-,16-,17-,20-/m1/s1. The zero-order chi connectivity index (χ0) is 25.3. The van der Waals surface area contributed by atoms with Gasteiger partial charge in [0, 0.05) is 19.7 Å². The summed E-state index contributed by atoms with van der Waals surface area (Å²) >= 11 is 0. The molecule has 0 spiro atoms. The highest BCUT2D eigenvalue weighted by molar-refractivity contribution is 5.88. The summed E-state index contributed by atoms with van der Waals surface area (Å²) < 4.78 is 16.1. The van der Waals surface area contributed by atoms with E-state index in [0.717, 1.165) is 11.0 Å². The number of carbonyl (C=O) groups is 1. The Balaban J connectivity index is 1.49. The molecule has 3 aromatic rings. The fourth-order valence-corrected chi connectivity index (χ4v) is 4.14. The topological polar surface area (TPSA) is 162 Å². The van der Waals surface area contributed by atoms with Crippen molar-refractivity contribution in [1.29, 1.82) is 0 Å². The Morgan fingerprint density at radius 3 is 2.71 bits per heavy atom. The van der Waals surface area contributed by atoms with E-state index in [1.807, 2.05) is 6.92 Å². The van der Waals surface area contributed by atoms with Crippen molar-refractivity contribution < 1.29 is 34.2 Å². The molecule has 13 nitrogen and oxygen atoms in total. The monoisotopic (exact) mass is 490 g/mol. The van der Waals surface area contributed by atoms with Gasteiger partial charge in [-0.2, -0.15) is 4.57 Å². The second kappa shape index (κ2) is 10.1. The summed E-state index contributed by atoms with van der Waals surface area (Å²) in [5, 5.41) is 29.4. The van der Waals surface area contributed by atoms with Crippen molar-refractivity contribution in [3.63, 3.8) is 0 Å². The number of aryl methyl sites for hydroxylation is 2. The van der Waals surface area contributed by atoms with Gasteiger partial charge in [-0.1, -0.05) is 6.92 Å². The van der Waals surface area contributed by atoms with E-state index in [-0.39, 0.29) is 18.7 Å². The van der Waals surface area contributed by atoms with E-state index in [4.69, 9.17) is 9.47 Å². The lowest BCUT2D eigenvalue weighted by Crippen LogP contribution is -2.46. The predicted octanol–water partition coefficient (Wildman–Crippen LogP) is -1.94. The van der Waals surface area contributed by atoms with E-state index in [1.54, 1.807) is 4.57 Å². The number of imidazole rings is 1. The molecule has 0 radical (unpaired) electrons. The lowest BCUT2D eigenvalue weighted by molar-refractivity contribution is -0.765. The van der Waals surface area contributed by atoms with Crippen LogP contribution in [0, 0.1) is 0 Å². The third kappa shape index (κ3) is 4.50. The van der Waals surface area contributed by atoms with Gasteiger partial charge in [-0.3, -0.25) is 13.9 Å². The molecule has 0 aliphatic carbocycles. The van der Waals surface area contributed by atoms with Crippen molar-refractivity contribution in [2.24, 2.45) is 7.05 Å². The molecule has 1 aliphatic rings. The van der Waals surface area contributed by atoms with Gasteiger partial charge in [-0.15, -0.1) is 0 Å². The summed E-state index contributed by atoms with van der Waals surface area (Å²) in [5.74, 6) is -0.715. The number of carbonyl (C=O) groups excluding carboxylic acids is 1. The number of fused-ring (bicyclic) bond motifs is 1. The SMILES string of the molecule is CCCn1cnc2c1c(=O)n(CCOC(=O)c1ccc[n+]([C@@H]3O[C@H](CO)[C@@H](O)[C@H]3O)c1)c(=O)n2C. The third-order valence-electron chi connectivity index (χ3n) is 5.98. The molecule has 0 bridgehead atoms. The molecular formula is C22H28N5O8+.